The maximum absolute atomic E-state index is 9.27. The molecule has 1 aliphatic heterocycles. The summed E-state index contributed by atoms with van der Waals surface area (Å²) in [6, 6.07) is 2.91. The van der Waals surface area contributed by atoms with Gasteiger partial charge in [0.2, 0.25) is 0 Å². The summed E-state index contributed by atoms with van der Waals surface area (Å²) in [7, 11) is 0. The van der Waals surface area contributed by atoms with E-state index >= 15 is 0 Å². The molecule has 0 aliphatic carbocycles. The van der Waals surface area contributed by atoms with E-state index in [4.69, 9.17) is 0 Å². The molecule has 2 unspecified atom stereocenters. The first-order chi connectivity index (χ1) is 8.00. The lowest BCUT2D eigenvalue weighted by Gasteiger charge is -2.37. The van der Waals surface area contributed by atoms with Crippen molar-refractivity contribution < 1.29 is 0 Å². The van der Waals surface area contributed by atoms with Crippen molar-refractivity contribution in [3.05, 3.63) is 0 Å². The number of hydrogen-bond acceptors (Lipinski definition) is 3. The molecule has 1 aliphatic rings. The van der Waals surface area contributed by atoms with Gasteiger partial charge in [-0.15, -0.1) is 0 Å². The van der Waals surface area contributed by atoms with Crippen molar-refractivity contribution in [3.63, 3.8) is 0 Å². The number of piperidine rings is 1. The molecule has 2 atom stereocenters. The summed E-state index contributed by atoms with van der Waals surface area (Å²) in [5, 5.41) is 12.6. The zero-order valence-corrected chi connectivity index (χ0v) is 11.8. The van der Waals surface area contributed by atoms with Crippen LogP contribution in [0.5, 0.6) is 0 Å². The smallest absolute Gasteiger partial charge is 0.105 e. The minimum Gasteiger partial charge on any atom is -0.301 e. The molecule has 0 amide bonds. The van der Waals surface area contributed by atoms with Crippen LogP contribution in [0.1, 0.15) is 47.0 Å². The Bertz CT molecular complexity index is 263. The average Bonchev–Trinajstić information content (AvgIpc) is 2.30. The Labute approximate surface area is 106 Å². The Hall–Kier alpha value is -0.590. The molecule has 0 aromatic heterocycles. The monoisotopic (exact) mass is 237 g/mol. The molecule has 3 heteroatoms. The van der Waals surface area contributed by atoms with E-state index in [0.29, 0.717) is 6.04 Å². The molecule has 1 rings (SSSR count). The number of nitriles is 1. The molecule has 1 N–H and O–H groups in total. The van der Waals surface area contributed by atoms with Crippen molar-refractivity contribution in [2.45, 2.75) is 58.5 Å². The maximum atomic E-state index is 9.27. The summed E-state index contributed by atoms with van der Waals surface area (Å²) < 4.78 is 0. The van der Waals surface area contributed by atoms with Crippen molar-refractivity contribution in [3.8, 4) is 6.07 Å². The highest BCUT2D eigenvalue weighted by molar-refractivity contribution is 5.05. The molecular weight excluding hydrogens is 210 g/mol. The second-order valence-corrected chi connectivity index (χ2v) is 5.75. The Kier molecular flexibility index (Phi) is 5.42. The van der Waals surface area contributed by atoms with Crippen molar-refractivity contribution >= 4 is 0 Å². The molecule has 1 heterocycles. The predicted molar refractivity (Wildman–Crippen MR) is 71.7 cm³/mol. The van der Waals surface area contributed by atoms with Gasteiger partial charge in [0.15, 0.2) is 0 Å². The highest BCUT2D eigenvalue weighted by Crippen LogP contribution is 2.22. The Morgan fingerprint density at radius 2 is 2.06 bits per heavy atom. The van der Waals surface area contributed by atoms with Gasteiger partial charge in [-0.2, -0.15) is 5.26 Å². The third-order valence-corrected chi connectivity index (χ3v) is 3.96. The van der Waals surface area contributed by atoms with Crippen molar-refractivity contribution in [2.75, 3.05) is 19.6 Å². The molecule has 1 fully saturated rings. The number of nitrogens with one attached hydrogen (secondary N) is 1. The van der Waals surface area contributed by atoms with E-state index in [2.05, 4.69) is 37.1 Å². The van der Waals surface area contributed by atoms with E-state index in [1.54, 1.807) is 0 Å². The summed E-state index contributed by atoms with van der Waals surface area (Å²) >= 11 is 0. The fourth-order valence-corrected chi connectivity index (χ4v) is 2.74. The lowest BCUT2D eigenvalue weighted by atomic mass is 9.92. The number of likely N-dealkylation sites (tertiary alicyclic amines) is 1. The Morgan fingerprint density at radius 3 is 2.53 bits per heavy atom. The minimum absolute atomic E-state index is 0.378. The van der Waals surface area contributed by atoms with Gasteiger partial charge in [0.05, 0.1) is 6.07 Å². The molecule has 0 radical (unpaired) electrons. The maximum Gasteiger partial charge on any atom is 0.105 e. The summed E-state index contributed by atoms with van der Waals surface area (Å²) in [5.41, 5.74) is -0.378. The lowest BCUT2D eigenvalue weighted by molar-refractivity contribution is 0.127. The molecular formula is C14H27N3. The third-order valence-electron chi connectivity index (χ3n) is 3.96. The topological polar surface area (TPSA) is 39.1 Å². The largest absolute Gasteiger partial charge is 0.301 e. The van der Waals surface area contributed by atoms with Crippen LogP contribution in [-0.2, 0) is 0 Å². The number of rotatable bonds is 5. The van der Waals surface area contributed by atoms with Crippen LogP contribution in [0.15, 0.2) is 0 Å². The highest BCUT2D eigenvalue weighted by Gasteiger charge is 2.29. The van der Waals surface area contributed by atoms with Gasteiger partial charge in [-0.05, 0) is 58.7 Å². The second kappa shape index (κ2) is 6.37. The molecule has 98 valence electrons. The van der Waals surface area contributed by atoms with Crippen molar-refractivity contribution in [1.82, 2.24) is 10.2 Å². The second-order valence-electron chi connectivity index (χ2n) is 5.75. The van der Waals surface area contributed by atoms with Gasteiger partial charge in [-0.1, -0.05) is 13.8 Å². The van der Waals surface area contributed by atoms with Crippen LogP contribution in [-0.4, -0.2) is 36.1 Å². The fraction of sp³-hybridized carbons (Fsp3) is 0.929. The standard InChI is InChI=1S/C14H27N3/c1-5-16-14(4,11-15)10-13(3)17-8-6-12(2)7-9-17/h12-13,16H,5-10H2,1-4H3. The van der Waals surface area contributed by atoms with Crippen LogP contribution in [0.2, 0.25) is 0 Å². The van der Waals surface area contributed by atoms with E-state index in [-0.39, 0.29) is 5.54 Å². The highest BCUT2D eigenvalue weighted by atomic mass is 15.2. The summed E-state index contributed by atoms with van der Waals surface area (Å²) in [6.45, 7) is 11.9. The van der Waals surface area contributed by atoms with Crippen molar-refractivity contribution in [1.29, 1.82) is 5.26 Å². The number of nitrogens with zero attached hydrogens (tertiary/aromatic N) is 2. The van der Waals surface area contributed by atoms with Gasteiger partial charge in [0, 0.05) is 6.04 Å². The van der Waals surface area contributed by atoms with E-state index in [9.17, 15) is 5.26 Å². The number of hydrogen-bond donors (Lipinski definition) is 1. The Balaban J connectivity index is 2.47. The van der Waals surface area contributed by atoms with E-state index in [1.807, 2.05) is 6.92 Å². The zero-order chi connectivity index (χ0) is 12.9. The molecule has 0 bridgehead atoms. The molecule has 0 saturated carbocycles. The average molecular weight is 237 g/mol. The van der Waals surface area contributed by atoms with Crippen LogP contribution in [0.3, 0.4) is 0 Å². The van der Waals surface area contributed by atoms with E-state index < -0.39 is 0 Å². The fourth-order valence-electron chi connectivity index (χ4n) is 2.74. The molecule has 0 aromatic rings. The quantitative estimate of drug-likeness (QED) is 0.798. The molecule has 3 nitrogen and oxygen atoms in total. The van der Waals surface area contributed by atoms with Gasteiger partial charge < -0.3 is 4.90 Å². The molecule has 0 aromatic carbocycles. The van der Waals surface area contributed by atoms with Crippen molar-refractivity contribution in [2.24, 2.45) is 5.92 Å². The van der Waals surface area contributed by atoms with Gasteiger partial charge in [0.1, 0.15) is 5.54 Å². The predicted octanol–water partition coefficient (Wildman–Crippen LogP) is 2.39. The zero-order valence-electron chi connectivity index (χ0n) is 11.8. The normalized spacial score (nSPS) is 23.9. The van der Waals surface area contributed by atoms with Gasteiger partial charge in [-0.25, -0.2) is 0 Å². The van der Waals surface area contributed by atoms with Crippen LogP contribution in [0.4, 0.5) is 0 Å². The molecule has 17 heavy (non-hydrogen) atoms. The molecule has 1 saturated heterocycles. The van der Waals surface area contributed by atoms with Gasteiger partial charge >= 0.3 is 0 Å². The van der Waals surface area contributed by atoms with E-state index in [1.165, 1.54) is 25.9 Å². The first-order valence-corrected chi connectivity index (χ1v) is 6.91. The minimum atomic E-state index is -0.378. The molecule has 0 spiro atoms. The summed E-state index contributed by atoms with van der Waals surface area (Å²) in [6.07, 6.45) is 3.51. The van der Waals surface area contributed by atoms with Crippen LogP contribution < -0.4 is 5.32 Å². The van der Waals surface area contributed by atoms with Crippen LogP contribution in [0.25, 0.3) is 0 Å². The first kappa shape index (κ1) is 14.5. The Morgan fingerprint density at radius 1 is 1.47 bits per heavy atom. The van der Waals surface area contributed by atoms with Crippen LogP contribution in [0, 0.1) is 17.2 Å². The SMILES string of the molecule is CCNC(C)(C#N)CC(C)N1CCC(C)CC1. The summed E-state index contributed by atoms with van der Waals surface area (Å²) in [5.74, 6) is 0.870. The third kappa shape index (κ3) is 4.29. The van der Waals surface area contributed by atoms with E-state index in [0.717, 1.165) is 18.9 Å². The van der Waals surface area contributed by atoms with Crippen LogP contribution >= 0.6 is 0 Å². The lowest BCUT2D eigenvalue weighted by Crippen LogP contribution is -2.48. The first-order valence-electron chi connectivity index (χ1n) is 6.91. The van der Waals surface area contributed by atoms with Gasteiger partial charge in [-0.3, -0.25) is 5.32 Å². The van der Waals surface area contributed by atoms with Gasteiger partial charge in [0.25, 0.3) is 0 Å². The summed E-state index contributed by atoms with van der Waals surface area (Å²) in [4.78, 5) is 2.53.